The van der Waals surface area contributed by atoms with E-state index in [0.29, 0.717) is 11.6 Å². The van der Waals surface area contributed by atoms with Crippen molar-refractivity contribution in [2.75, 3.05) is 11.5 Å². The molecule has 0 spiro atoms. The highest BCUT2D eigenvalue weighted by atomic mass is 32.2. The van der Waals surface area contributed by atoms with E-state index in [1.54, 1.807) is 0 Å². The number of aromatic amines is 1. The second-order valence-electron chi connectivity index (χ2n) is 3.28. The van der Waals surface area contributed by atoms with Crippen LogP contribution in [0.5, 0.6) is 0 Å². The summed E-state index contributed by atoms with van der Waals surface area (Å²) in [6, 6.07) is 1.86. The van der Waals surface area contributed by atoms with Gasteiger partial charge in [0.2, 0.25) is 0 Å². The maximum atomic E-state index is 10.4. The van der Waals surface area contributed by atoms with Crippen molar-refractivity contribution < 1.29 is 4.79 Å². The number of aromatic nitrogens is 2. The smallest absolute Gasteiger partial charge is 0.170 e. The number of H-pyrrole nitrogens is 1. The molecule has 70 valence electrons. The zero-order valence-corrected chi connectivity index (χ0v) is 8.14. The molecule has 1 unspecified atom stereocenters. The van der Waals surface area contributed by atoms with Crippen molar-refractivity contribution in [3.05, 3.63) is 17.5 Å². The largest absolute Gasteiger partial charge is 0.296 e. The first-order valence-electron chi connectivity index (χ1n) is 4.48. The first-order chi connectivity index (χ1) is 6.40. The topological polar surface area (TPSA) is 45.8 Å². The van der Waals surface area contributed by atoms with Gasteiger partial charge in [-0.1, -0.05) is 0 Å². The van der Waals surface area contributed by atoms with Crippen LogP contribution in [-0.4, -0.2) is 28.0 Å². The lowest BCUT2D eigenvalue weighted by Crippen LogP contribution is -2.08. The van der Waals surface area contributed by atoms with Crippen molar-refractivity contribution in [1.82, 2.24) is 10.2 Å². The Hall–Kier alpha value is -0.770. The van der Waals surface area contributed by atoms with Crippen molar-refractivity contribution in [1.29, 1.82) is 0 Å². The van der Waals surface area contributed by atoms with Gasteiger partial charge in [0.25, 0.3) is 0 Å². The van der Waals surface area contributed by atoms with Gasteiger partial charge in [0.05, 0.1) is 0 Å². The Morgan fingerprint density at radius 2 is 2.62 bits per heavy atom. The van der Waals surface area contributed by atoms with Crippen LogP contribution in [0.3, 0.4) is 0 Å². The van der Waals surface area contributed by atoms with E-state index >= 15 is 0 Å². The molecule has 0 radical (unpaired) electrons. The van der Waals surface area contributed by atoms with Crippen LogP contribution in [-0.2, 0) is 0 Å². The van der Waals surface area contributed by atoms with E-state index in [9.17, 15) is 4.79 Å². The molecule has 2 heterocycles. The van der Waals surface area contributed by atoms with Gasteiger partial charge in [-0.25, -0.2) is 0 Å². The summed E-state index contributed by atoms with van der Waals surface area (Å²) in [4.78, 5) is 10.4. The zero-order valence-electron chi connectivity index (χ0n) is 7.32. The molecule has 1 saturated heterocycles. The summed E-state index contributed by atoms with van der Waals surface area (Å²) in [6.07, 6.45) is 3.27. The van der Waals surface area contributed by atoms with Crippen LogP contribution < -0.4 is 0 Å². The maximum absolute atomic E-state index is 10.4. The summed E-state index contributed by atoms with van der Waals surface area (Å²) in [5.41, 5.74) is 1.64. The van der Waals surface area contributed by atoms with Crippen molar-refractivity contribution in [3.8, 4) is 0 Å². The fourth-order valence-corrected chi connectivity index (χ4v) is 2.78. The van der Waals surface area contributed by atoms with Gasteiger partial charge in [0.15, 0.2) is 6.29 Å². The molecular weight excluding hydrogens is 184 g/mol. The molecule has 1 aromatic heterocycles. The minimum atomic E-state index is 0.519. The van der Waals surface area contributed by atoms with Crippen molar-refractivity contribution in [3.63, 3.8) is 0 Å². The third-order valence-electron chi connectivity index (χ3n) is 2.34. The standard InChI is InChI=1S/C9H12N2OS/c12-5-8-4-9(11-10-8)7-2-1-3-13-6-7/h4-5,7H,1-3,6H2,(H,10,11). The molecular formula is C9H12N2OS. The van der Waals surface area contributed by atoms with Crippen molar-refractivity contribution in [2.45, 2.75) is 18.8 Å². The van der Waals surface area contributed by atoms with E-state index in [1.807, 2.05) is 17.8 Å². The van der Waals surface area contributed by atoms with Crippen molar-refractivity contribution >= 4 is 18.0 Å². The predicted molar refractivity (Wildman–Crippen MR) is 53.3 cm³/mol. The highest BCUT2D eigenvalue weighted by Gasteiger charge is 2.17. The normalized spacial score (nSPS) is 22.9. The number of nitrogens with one attached hydrogen (secondary N) is 1. The van der Waals surface area contributed by atoms with Gasteiger partial charge in [-0.2, -0.15) is 16.9 Å². The highest BCUT2D eigenvalue weighted by molar-refractivity contribution is 7.99. The second kappa shape index (κ2) is 3.96. The van der Waals surface area contributed by atoms with Gasteiger partial charge >= 0.3 is 0 Å². The highest BCUT2D eigenvalue weighted by Crippen LogP contribution is 2.29. The molecule has 0 aromatic carbocycles. The van der Waals surface area contributed by atoms with Gasteiger partial charge < -0.3 is 0 Å². The number of rotatable bonds is 2. The lowest BCUT2D eigenvalue weighted by molar-refractivity contribution is 0.111. The third kappa shape index (κ3) is 1.94. The summed E-state index contributed by atoms with van der Waals surface area (Å²) in [6.45, 7) is 0. The first-order valence-corrected chi connectivity index (χ1v) is 5.64. The summed E-state index contributed by atoms with van der Waals surface area (Å²) >= 11 is 1.98. The SMILES string of the molecule is O=Cc1cc(C2CCCSC2)[nH]n1. The number of carbonyl (C=O) groups excluding carboxylic acids is 1. The summed E-state index contributed by atoms with van der Waals surface area (Å²) in [5.74, 6) is 2.99. The third-order valence-corrected chi connectivity index (χ3v) is 3.55. The molecule has 1 aliphatic heterocycles. The van der Waals surface area contributed by atoms with E-state index in [1.165, 1.54) is 18.6 Å². The molecule has 0 bridgehead atoms. The van der Waals surface area contributed by atoms with Gasteiger partial charge in [-0.3, -0.25) is 9.89 Å². The van der Waals surface area contributed by atoms with Crippen LogP contribution in [0.1, 0.15) is 34.9 Å². The van der Waals surface area contributed by atoms with Gasteiger partial charge in [-0.05, 0) is 24.7 Å². The Bertz CT molecular complexity index is 292. The monoisotopic (exact) mass is 196 g/mol. The quantitative estimate of drug-likeness (QED) is 0.734. The molecule has 1 aliphatic rings. The van der Waals surface area contributed by atoms with E-state index in [0.717, 1.165) is 17.7 Å². The number of thioether (sulfide) groups is 1. The lowest BCUT2D eigenvalue weighted by atomic mass is 10.0. The molecule has 3 nitrogen and oxygen atoms in total. The summed E-state index contributed by atoms with van der Waals surface area (Å²) in [5, 5.41) is 6.84. The summed E-state index contributed by atoms with van der Waals surface area (Å²) in [7, 11) is 0. The number of hydrogen-bond donors (Lipinski definition) is 1. The molecule has 0 amide bonds. The molecule has 13 heavy (non-hydrogen) atoms. The number of carbonyl (C=O) groups is 1. The molecule has 1 N–H and O–H groups in total. The molecule has 1 atom stereocenters. The Morgan fingerprint density at radius 1 is 1.69 bits per heavy atom. The van der Waals surface area contributed by atoms with E-state index in [4.69, 9.17) is 0 Å². The second-order valence-corrected chi connectivity index (χ2v) is 4.43. The fraction of sp³-hybridized carbons (Fsp3) is 0.556. The number of hydrogen-bond acceptors (Lipinski definition) is 3. The zero-order chi connectivity index (χ0) is 9.10. The number of nitrogens with zero attached hydrogens (tertiary/aromatic N) is 1. The molecule has 1 aromatic rings. The first kappa shape index (κ1) is 8.81. The Kier molecular flexibility index (Phi) is 2.68. The molecule has 4 heteroatoms. The minimum Gasteiger partial charge on any atom is -0.296 e. The maximum Gasteiger partial charge on any atom is 0.170 e. The Labute approximate surface area is 81.3 Å². The van der Waals surface area contributed by atoms with Crippen LogP contribution in [0.15, 0.2) is 6.07 Å². The average molecular weight is 196 g/mol. The molecule has 2 rings (SSSR count). The van der Waals surface area contributed by atoms with Gasteiger partial charge in [-0.15, -0.1) is 0 Å². The van der Waals surface area contributed by atoms with E-state index < -0.39 is 0 Å². The van der Waals surface area contributed by atoms with Gasteiger partial charge in [0.1, 0.15) is 5.69 Å². The van der Waals surface area contributed by atoms with Crippen LogP contribution in [0.2, 0.25) is 0 Å². The van der Waals surface area contributed by atoms with Crippen LogP contribution >= 0.6 is 11.8 Å². The summed E-state index contributed by atoms with van der Waals surface area (Å²) < 4.78 is 0. The van der Waals surface area contributed by atoms with E-state index in [-0.39, 0.29) is 0 Å². The van der Waals surface area contributed by atoms with E-state index in [2.05, 4.69) is 10.2 Å². The number of aldehydes is 1. The van der Waals surface area contributed by atoms with Crippen LogP contribution in [0.25, 0.3) is 0 Å². The lowest BCUT2D eigenvalue weighted by Gasteiger charge is -2.19. The van der Waals surface area contributed by atoms with Crippen LogP contribution in [0.4, 0.5) is 0 Å². The molecule has 0 saturated carbocycles. The van der Waals surface area contributed by atoms with Crippen LogP contribution in [0, 0.1) is 0 Å². The minimum absolute atomic E-state index is 0.519. The molecule has 0 aliphatic carbocycles. The average Bonchev–Trinajstić information content (AvgIpc) is 2.67. The van der Waals surface area contributed by atoms with Gasteiger partial charge in [0, 0.05) is 17.4 Å². The fourth-order valence-electron chi connectivity index (χ4n) is 1.61. The predicted octanol–water partition coefficient (Wildman–Crippen LogP) is 1.83. The molecule has 1 fully saturated rings. The Morgan fingerprint density at radius 3 is 3.23 bits per heavy atom. The van der Waals surface area contributed by atoms with Crippen molar-refractivity contribution in [2.24, 2.45) is 0 Å². The Balaban J connectivity index is 2.09.